The maximum absolute atomic E-state index is 14.9. The topological polar surface area (TPSA) is 843 Å². The van der Waals surface area contributed by atoms with Gasteiger partial charge in [-0.25, -0.2) is 0 Å². The van der Waals surface area contributed by atoms with Gasteiger partial charge < -0.3 is 156 Å². The van der Waals surface area contributed by atoms with Crippen molar-refractivity contribution in [2.75, 3.05) is 69.9 Å². The quantitative estimate of drug-likeness (QED) is 0.0182. The first-order chi connectivity index (χ1) is 70.9. The molecular weight excluding hydrogens is 1970 g/mol. The highest BCUT2D eigenvalue weighted by molar-refractivity contribution is 7.98. The minimum absolute atomic E-state index is 0.0280. The van der Waals surface area contributed by atoms with Crippen molar-refractivity contribution in [2.24, 2.45) is 46.1 Å². The first-order valence-electron chi connectivity index (χ1n) is 51.3. The number of carboxylic acid groups (broad SMARTS) is 1. The van der Waals surface area contributed by atoms with Gasteiger partial charge in [0.15, 0.2) is 11.9 Å². The zero-order chi connectivity index (χ0) is 111. The predicted octanol–water partition coefficient (Wildman–Crippen LogP) is -2.67. The third kappa shape index (κ3) is 58.3. The van der Waals surface area contributed by atoms with Gasteiger partial charge in [-0.1, -0.05) is 122 Å². The largest absolute Gasteiger partial charge is 0.508 e. The number of amides is 17. The van der Waals surface area contributed by atoms with Crippen LogP contribution >= 0.6 is 23.5 Å². The molecule has 15 unspecified atom stereocenters. The average molecular weight is 2140 g/mol. The van der Waals surface area contributed by atoms with Crippen molar-refractivity contribution in [1.29, 1.82) is 10.8 Å². The Morgan fingerprint density at radius 3 is 1.05 bits per heavy atom. The van der Waals surface area contributed by atoms with Gasteiger partial charge in [0.2, 0.25) is 100 Å². The molecule has 0 heterocycles. The summed E-state index contributed by atoms with van der Waals surface area (Å²) < 4.78 is 0. The summed E-state index contributed by atoms with van der Waals surface area (Å²) in [6, 6.07) is -11.5. The molecule has 0 radical (unpaired) electrons. The molecule has 38 N–H and O–H groups in total. The van der Waals surface area contributed by atoms with E-state index < -0.39 is 235 Å². The fraction of sp³-hybridized carbons (Fsp3) is 0.673. The molecule has 15 atom stereocenters. The van der Waals surface area contributed by atoms with E-state index in [2.05, 4.69) is 97.3 Å². The molecule has 0 fully saturated rings. The van der Waals surface area contributed by atoms with Crippen molar-refractivity contribution in [2.45, 2.75) is 343 Å². The van der Waals surface area contributed by atoms with Crippen LogP contribution in [-0.2, 0) is 99.1 Å². The van der Waals surface area contributed by atoms with E-state index >= 15 is 0 Å². The summed E-state index contributed by atoms with van der Waals surface area (Å²) in [5.41, 5.74) is 40.6. The maximum atomic E-state index is 14.9. The third-order valence-corrected chi connectivity index (χ3v) is 25.3. The summed E-state index contributed by atoms with van der Waals surface area (Å²) in [4.78, 5) is 253. The number of nitrogens with two attached hydrogens (primary N) is 7. The van der Waals surface area contributed by atoms with E-state index in [-0.39, 0.29) is 171 Å². The number of thioether (sulfide) groups is 2. The third-order valence-electron chi connectivity index (χ3n) is 24.0. The Hall–Kier alpha value is -12.5. The summed E-state index contributed by atoms with van der Waals surface area (Å²) in [5.74, 6) is -19.3. The zero-order valence-corrected chi connectivity index (χ0v) is 88.5. The summed E-state index contributed by atoms with van der Waals surface area (Å²) in [6.07, 6.45) is 14.4. The number of hydrogen-bond acceptors (Lipinski definition) is 29. The Morgan fingerprint density at radius 1 is 0.342 bits per heavy atom. The van der Waals surface area contributed by atoms with Crippen LogP contribution in [0, 0.1) is 16.7 Å². The Balaban J connectivity index is 2.53. The summed E-state index contributed by atoms with van der Waals surface area (Å²) in [6.45, 7) is 5.22. The van der Waals surface area contributed by atoms with Crippen molar-refractivity contribution in [3.63, 3.8) is 0 Å². The van der Waals surface area contributed by atoms with E-state index in [4.69, 9.17) is 51.0 Å². The predicted molar refractivity (Wildman–Crippen MR) is 565 cm³/mol. The number of benzene rings is 2. The molecule has 2 rings (SSSR count). The van der Waals surface area contributed by atoms with Crippen molar-refractivity contribution >= 4 is 142 Å². The number of carbonyl (C=O) groups is 18. The molecule has 51 heteroatoms. The van der Waals surface area contributed by atoms with Crippen LogP contribution in [0.2, 0.25) is 0 Å². The Kier molecular flexibility index (Phi) is 68.5. The van der Waals surface area contributed by atoms with Gasteiger partial charge in [0.05, 0.1) is 25.7 Å². The Morgan fingerprint density at radius 2 is 0.664 bits per heavy atom. The van der Waals surface area contributed by atoms with Crippen LogP contribution in [0.25, 0.3) is 0 Å². The second kappa shape index (κ2) is 77.0. The minimum Gasteiger partial charge on any atom is -0.508 e. The standard InChI is InChI=1S/C98H168N26O23S2/c1-7-8-9-10-11-12-13-14-15-16-17-18-19-33-79(130)111-71(44-51-148-5)84(135)110-57-80(131)112-74(54-61-34-38-63(127)39-35-61)92(143)118-70(42-43-78(102)129)89(140)115-66(28-20-23-46-99)85(136)114-67(29-21-24-47-100)86(137)120-73(53-59(2)3)91(142)117-69(32-27-50-109-98(106)107)88(139)123-77(58-125)95(146)119-72(45-52-149-6)90(141)124-82(60(4)126)96(147)122-76(56-81(132)133)94(145)116-68(30-22-25-48-101)87(138)121-75(55-62-36-40-64(128)41-37-62)93(144)113-65(83(103)134)31-26-49-108-97(104)105/h34-41,59-60,65-77,82,125-128H,7-33,42-58,99-101H2,1-6H3,(H2,102,129)(H2,103,134)(H,110,135)(H,111,130)(H,112,131)(H,113,144)(H,114,136)(H,115,140)(H,116,145)(H,117,142)(H,118,143)(H,119,146)(H,120,137)(H,121,138)(H,122,147)(H,123,139)(H,124,141)(H,132,133)(H4,104,105,108)(H4,106,107,109). The number of aliphatic carboxylic acids is 1. The first-order valence-corrected chi connectivity index (χ1v) is 54.1. The van der Waals surface area contributed by atoms with Gasteiger partial charge in [0.1, 0.15) is 96.1 Å². The number of carbonyl (C=O) groups excluding carboxylic acids is 17. The van der Waals surface area contributed by atoms with Crippen LogP contribution in [-0.4, -0.2) is 304 Å². The van der Waals surface area contributed by atoms with Crippen LogP contribution < -0.4 is 131 Å². The van der Waals surface area contributed by atoms with Gasteiger partial charge >= 0.3 is 5.97 Å². The molecule has 49 nitrogen and oxygen atoms in total. The SMILES string of the molecule is CCCCCCCCCCCCCCCC(=O)NC(CCSC)C(=O)NCC(=O)NC(Cc1ccc(O)cc1)C(=O)NC(CCC(N)=O)C(=O)NC(CCCCN)C(=O)NC(CCCCN)C(=O)NC(CC(C)C)C(=O)NC(CCCNC(=N)N)C(=O)NC(CO)C(=O)NC(CCSC)C(=O)NC(C(=O)NC(CC(=O)O)C(=O)NC(CCCCN)C(=O)NC(Cc1ccc(O)cc1)C(=O)NC(CCCNC(=N)N)C(N)=O)C(C)O. The molecule has 0 aromatic heterocycles. The molecule has 0 saturated carbocycles. The normalized spacial score (nSPS) is 14.1. The molecule has 0 aliphatic rings. The number of primary amides is 2. The average Bonchev–Trinajstić information content (AvgIpc) is 0.846. The lowest BCUT2D eigenvalue weighted by Crippen LogP contribution is -2.62. The smallest absolute Gasteiger partial charge is 0.305 e. The highest BCUT2D eigenvalue weighted by Gasteiger charge is 2.40. The van der Waals surface area contributed by atoms with E-state index in [1.807, 2.05) is 6.26 Å². The number of rotatable bonds is 83. The molecule has 840 valence electrons. The van der Waals surface area contributed by atoms with Crippen molar-refractivity contribution in [1.82, 2.24) is 90.4 Å². The Bertz CT molecular complexity index is 4500. The monoisotopic (exact) mass is 2140 g/mol. The number of phenolic OH excluding ortho intramolecular Hbond substituents is 2. The molecule has 0 spiro atoms. The summed E-state index contributed by atoms with van der Waals surface area (Å²) >= 11 is 2.63. The van der Waals surface area contributed by atoms with Crippen LogP contribution in [0.5, 0.6) is 11.5 Å². The number of aromatic hydroxyl groups is 2. The highest BCUT2D eigenvalue weighted by atomic mass is 32.2. The van der Waals surface area contributed by atoms with Crippen LogP contribution in [0.3, 0.4) is 0 Å². The fourth-order valence-corrected chi connectivity index (χ4v) is 16.6. The lowest BCUT2D eigenvalue weighted by atomic mass is 10.0. The van der Waals surface area contributed by atoms with Gasteiger partial charge in [-0.15, -0.1) is 0 Å². The molecule has 2 aromatic rings. The number of aliphatic hydroxyl groups excluding tert-OH is 2. The lowest BCUT2D eigenvalue weighted by Gasteiger charge is -2.29. The molecule has 149 heavy (non-hydrogen) atoms. The number of hydrogen-bond donors (Lipinski definition) is 31. The van der Waals surface area contributed by atoms with Gasteiger partial charge in [0, 0.05) is 38.8 Å². The van der Waals surface area contributed by atoms with E-state index in [9.17, 15) is 112 Å². The minimum atomic E-state index is -2.08. The van der Waals surface area contributed by atoms with E-state index in [0.29, 0.717) is 36.1 Å². The second-order valence-corrected chi connectivity index (χ2v) is 39.3. The lowest BCUT2D eigenvalue weighted by molar-refractivity contribution is -0.142. The van der Waals surface area contributed by atoms with Crippen molar-refractivity contribution in [3.8, 4) is 11.5 Å². The molecule has 0 aliphatic carbocycles. The van der Waals surface area contributed by atoms with Crippen LogP contribution in [0.15, 0.2) is 48.5 Å². The number of nitrogens with one attached hydrogen (secondary N) is 19. The molecule has 17 amide bonds. The number of carboxylic acids is 1. The summed E-state index contributed by atoms with van der Waals surface area (Å²) in [5, 5.41) is 110. The molecule has 0 saturated heterocycles. The van der Waals surface area contributed by atoms with Crippen molar-refractivity contribution < 1.29 is 112 Å². The number of aliphatic hydroxyl groups is 2. The van der Waals surface area contributed by atoms with Crippen LogP contribution in [0.4, 0.5) is 0 Å². The maximum Gasteiger partial charge on any atom is 0.305 e. The van der Waals surface area contributed by atoms with Crippen molar-refractivity contribution in [3.05, 3.63) is 59.7 Å². The molecule has 2 aromatic carbocycles. The highest BCUT2D eigenvalue weighted by Crippen LogP contribution is 2.20. The first kappa shape index (κ1) is 133. The van der Waals surface area contributed by atoms with Gasteiger partial charge in [-0.3, -0.25) is 97.1 Å². The zero-order valence-electron chi connectivity index (χ0n) is 86.9. The number of unbranched alkanes of at least 4 members (excludes halogenated alkanes) is 15. The molecule has 0 bridgehead atoms. The van der Waals surface area contributed by atoms with Crippen LogP contribution in [0.1, 0.15) is 251 Å². The second-order valence-electron chi connectivity index (χ2n) is 37.3. The Labute approximate surface area is 880 Å². The van der Waals surface area contributed by atoms with Gasteiger partial charge in [0.25, 0.3) is 0 Å². The molecular formula is C98H168N26O23S2. The fourth-order valence-electron chi connectivity index (χ4n) is 15.6. The molecule has 0 aliphatic heterocycles. The van der Waals surface area contributed by atoms with E-state index in [1.165, 1.54) is 123 Å². The summed E-state index contributed by atoms with van der Waals surface area (Å²) in [7, 11) is 0. The van der Waals surface area contributed by atoms with Gasteiger partial charge in [-0.2, -0.15) is 23.5 Å². The number of guanidine groups is 2. The number of phenols is 2. The van der Waals surface area contributed by atoms with E-state index in [1.54, 1.807) is 20.1 Å². The van der Waals surface area contributed by atoms with E-state index in [0.717, 1.165) is 32.6 Å². The van der Waals surface area contributed by atoms with Gasteiger partial charge in [-0.05, 0) is 207 Å².